The van der Waals surface area contributed by atoms with Crippen LogP contribution in [-0.2, 0) is 22.5 Å². The largest absolute Gasteiger partial charge is 0.489 e. The van der Waals surface area contributed by atoms with E-state index in [1.807, 2.05) is 62.1 Å². The van der Waals surface area contributed by atoms with Gasteiger partial charge in [0.05, 0.1) is 30.8 Å². The van der Waals surface area contributed by atoms with E-state index in [1.165, 1.54) is 7.11 Å². The molecule has 7 nitrogen and oxygen atoms in total. The fourth-order valence-electron chi connectivity index (χ4n) is 4.94. The highest BCUT2D eigenvalue weighted by molar-refractivity contribution is 5.92. The van der Waals surface area contributed by atoms with Gasteiger partial charge in [-0.2, -0.15) is 0 Å². The Balaban J connectivity index is 1.39. The summed E-state index contributed by atoms with van der Waals surface area (Å²) in [6.07, 6.45) is 0.514. The zero-order chi connectivity index (χ0) is 22.6. The number of fused-ring (bicyclic) bond motifs is 5. The minimum absolute atomic E-state index is 0.126. The number of hydrogen-bond acceptors (Lipinski definition) is 6. The molecule has 2 fully saturated rings. The molecule has 0 bridgehead atoms. The van der Waals surface area contributed by atoms with Crippen LogP contribution in [0.2, 0.25) is 0 Å². The summed E-state index contributed by atoms with van der Waals surface area (Å²) in [6, 6.07) is 14.0. The van der Waals surface area contributed by atoms with Gasteiger partial charge in [-0.1, -0.05) is 30.3 Å². The molecular weight excluding hydrogens is 408 g/mol. The molecule has 3 aliphatic rings. The molecule has 0 radical (unpaired) electrons. The first-order chi connectivity index (χ1) is 15.3. The predicted octanol–water partition coefficient (Wildman–Crippen LogP) is 3.78. The first-order valence-electron chi connectivity index (χ1n) is 11.0. The van der Waals surface area contributed by atoms with Gasteiger partial charge in [0.1, 0.15) is 18.0 Å². The van der Waals surface area contributed by atoms with Crippen LogP contribution in [0.4, 0.5) is 10.5 Å². The van der Waals surface area contributed by atoms with Crippen molar-refractivity contribution >= 4 is 17.7 Å². The standard InChI is InChI=1S/C25H28N2O5/c1-25(2,3)32-24(29)27-20-13-26-18-10-16(23(28)30-4)11-21(17(18)12-19(26)22(20)27)31-14-15-8-6-5-7-9-15/h5-11,19-20,22H,12-14H2,1-4H3/t19?,20-,22+,27?/m0/s1. The maximum atomic E-state index is 12.6. The molecule has 5 rings (SSSR count). The predicted molar refractivity (Wildman–Crippen MR) is 119 cm³/mol. The number of nitrogens with zero attached hydrogens (tertiary/aromatic N) is 2. The molecule has 3 atom stereocenters. The van der Waals surface area contributed by atoms with Crippen molar-refractivity contribution in [2.45, 2.75) is 57.5 Å². The van der Waals surface area contributed by atoms with Crippen molar-refractivity contribution in [2.75, 3.05) is 18.6 Å². The molecule has 2 saturated heterocycles. The van der Waals surface area contributed by atoms with E-state index in [4.69, 9.17) is 14.2 Å². The maximum absolute atomic E-state index is 12.6. The van der Waals surface area contributed by atoms with E-state index in [-0.39, 0.29) is 30.2 Å². The number of amides is 1. The molecule has 1 amide bonds. The Bertz CT molecular complexity index is 1060. The second kappa shape index (κ2) is 7.43. The van der Waals surface area contributed by atoms with E-state index < -0.39 is 5.60 Å². The van der Waals surface area contributed by atoms with Crippen molar-refractivity contribution in [3.05, 3.63) is 59.2 Å². The first-order valence-corrected chi connectivity index (χ1v) is 11.0. The Morgan fingerprint density at radius 2 is 1.84 bits per heavy atom. The van der Waals surface area contributed by atoms with Gasteiger partial charge in [-0.3, -0.25) is 4.90 Å². The van der Waals surface area contributed by atoms with E-state index >= 15 is 0 Å². The van der Waals surface area contributed by atoms with E-state index in [0.717, 1.165) is 29.8 Å². The minimum atomic E-state index is -0.514. The summed E-state index contributed by atoms with van der Waals surface area (Å²) in [6.45, 7) is 6.79. The summed E-state index contributed by atoms with van der Waals surface area (Å²) in [5, 5.41) is 0. The summed E-state index contributed by atoms with van der Waals surface area (Å²) in [5.74, 6) is 0.308. The molecule has 7 heteroatoms. The number of rotatable bonds is 4. The van der Waals surface area contributed by atoms with Crippen LogP contribution >= 0.6 is 0 Å². The van der Waals surface area contributed by atoms with Gasteiger partial charge in [0.2, 0.25) is 0 Å². The Labute approximate surface area is 187 Å². The number of piperazine rings is 1. The second-order valence-electron chi connectivity index (χ2n) is 9.61. The fraction of sp³-hybridized carbons (Fsp3) is 0.440. The van der Waals surface area contributed by atoms with Crippen LogP contribution in [0.15, 0.2) is 42.5 Å². The van der Waals surface area contributed by atoms with Crippen LogP contribution in [0.25, 0.3) is 0 Å². The zero-order valence-corrected chi connectivity index (χ0v) is 18.8. The van der Waals surface area contributed by atoms with Crippen LogP contribution in [0.5, 0.6) is 5.75 Å². The molecule has 0 aromatic heterocycles. The molecule has 3 heterocycles. The van der Waals surface area contributed by atoms with Crippen molar-refractivity contribution in [2.24, 2.45) is 0 Å². The lowest BCUT2D eigenvalue weighted by molar-refractivity contribution is 0.0382. The van der Waals surface area contributed by atoms with Crippen molar-refractivity contribution in [3.63, 3.8) is 0 Å². The number of benzene rings is 2. The van der Waals surface area contributed by atoms with Gasteiger partial charge < -0.3 is 19.1 Å². The van der Waals surface area contributed by atoms with Gasteiger partial charge >= 0.3 is 12.1 Å². The fourth-order valence-corrected chi connectivity index (χ4v) is 4.94. The van der Waals surface area contributed by atoms with E-state index in [2.05, 4.69) is 4.90 Å². The molecule has 2 aromatic carbocycles. The van der Waals surface area contributed by atoms with Gasteiger partial charge in [0, 0.05) is 24.2 Å². The average molecular weight is 437 g/mol. The van der Waals surface area contributed by atoms with Gasteiger partial charge in [-0.05, 0) is 38.5 Å². The number of anilines is 1. The Kier molecular flexibility index (Phi) is 4.80. The lowest BCUT2D eigenvalue weighted by Crippen LogP contribution is -2.39. The Hall–Kier alpha value is -3.22. The van der Waals surface area contributed by atoms with Crippen molar-refractivity contribution in [3.8, 4) is 5.75 Å². The van der Waals surface area contributed by atoms with Crippen molar-refractivity contribution < 1.29 is 23.8 Å². The maximum Gasteiger partial charge on any atom is 0.411 e. The molecule has 32 heavy (non-hydrogen) atoms. The van der Waals surface area contributed by atoms with Crippen LogP contribution in [0.3, 0.4) is 0 Å². The van der Waals surface area contributed by atoms with Crippen LogP contribution in [-0.4, -0.2) is 54.3 Å². The molecule has 0 spiro atoms. The smallest absolute Gasteiger partial charge is 0.411 e. The third-order valence-electron chi connectivity index (χ3n) is 6.33. The van der Waals surface area contributed by atoms with E-state index in [0.29, 0.717) is 17.9 Å². The molecule has 1 unspecified atom stereocenters. The second-order valence-corrected chi connectivity index (χ2v) is 9.61. The number of carbonyl (C=O) groups is 2. The van der Waals surface area contributed by atoms with Crippen molar-refractivity contribution in [1.29, 1.82) is 0 Å². The highest BCUT2D eigenvalue weighted by atomic mass is 16.6. The van der Waals surface area contributed by atoms with E-state index in [1.54, 1.807) is 6.07 Å². The highest BCUT2D eigenvalue weighted by Crippen LogP contribution is 2.51. The van der Waals surface area contributed by atoms with Crippen LogP contribution in [0.1, 0.15) is 42.3 Å². The first kappa shape index (κ1) is 20.7. The van der Waals surface area contributed by atoms with E-state index in [9.17, 15) is 9.59 Å². The number of esters is 1. The van der Waals surface area contributed by atoms with Gasteiger partial charge in [0.15, 0.2) is 0 Å². The summed E-state index contributed by atoms with van der Waals surface area (Å²) in [5.41, 5.74) is 3.09. The molecule has 3 aliphatic heterocycles. The number of methoxy groups -OCH3 is 1. The molecule has 0 N–H and O–H groups in total. The van der Waals surface area contributed by atoms with Gasteiger partial charge in [-0.15, -0.1) is 0 Å². The monoisotopic (exact) mass is 436 g/mol. The van der Waals surface area contributed by atoms with Gasteiger partial charge in [-0.25, -0.2) is 9.59 Å². The lowest BCUT2D eigenvalue weighted by atomic mass is 10.0. The minimum Gasteiger partial charge on any atom is -0.489 e. The van der Waals surface area contributed by atoms with Gasteiger partial charge in [0.25, 0.3) is 0 Å². The van der Waals surface area contributed by atoms with Crippen LogP contribution in [0, 0.1) is 0 Å². The third kappa shape index (κ3) is 3.55. The zero-order valence-electron chi connectivity index (χ0n) is 18.8. The summed E-state index contributed by atoms with van der Waals surface area (Å²) in [7, 11) is 1.38. The Morgan fingerprint density at radius 1 is 1.09 bits per heavy atom. The Morgan fingerprint density at radius 3 is 2.53 bits per heavy atom. The number of carbonyl (C=O) groups excluding carboxylic acids is 2. The third-order valence-corrected chi connectivity index (χ3v) is 6.33. The molecular formula is C25H28N2O5. The molecule has 0 aliphatic carbocycles. The summed E-state index contributed by atoms with van der Waals surface area (Å²) in [4.78, 5) is 29.1. The average Bonchev–Trinajstić information content (AvgIpc) is 3.17. The number of ether oxygens (including phenoxy) is 3. The van der Waals surface area contributed by atoms with Crippen molar-refractivity contribution in [1.82, 2.24) is 4.90 Å². The summed E-state index contributed by atoms with van der Waals surface area (Å²) >= 11 is 0. The molecule has 168 valence electrons. The topological polar surface area (TPSA) is 68.1 Å². The lowest BCUT2D eigenvalue weighted by Gasteiger charge is -2.27. The summed E-state index contributed by atoms with van der Waals surface area (Å²) < 4.78 is 16.7. The molecule has 2 aromatic rings. The quantitative estimate of drug-likeness (QED) is 0.537. The van der Waals surface area contributed by atoms with Crippen LogP contribution < -0.4 is 9.64 Å². The number of hydrogen-bond donors (Lipinski definition) is 0. The SMILES string of the molecule is COC(=O)c1cc(OCc2ccccc2)c2c(c1)N1C[C@H]3[C@@H](C1C2)N3C(=O)OC(C)(C)C. The molecule has 0 saturated carbocycles. The highest BCUT2D eigenvalue weighted by Gasteiger charge is 2.65. The normalized spacial score (nSPS) is 22.7.